The fourth-order valence-electron chi connectivity index (χ4n) is 4.05. The van der Waals surface area contributed by atoms with Crippen molar-refractivity contribution < 1.29 is 13.2 Å². The summed E-state index contributed by atoms with van der Waals surface area (Å²) in [6.07, 6.45) is 0.587. The van der Waals surface area contributed by atoms with Gasteiger partial charge in [0, 0.05) is 17.0 Å². The van der Waals surface area contributed by atoms with E-state index < -0.39 is 15.9 Å². The lowest BCUT2D eigenvalue weighted by Gasteiger charge is -2.11. The summed E-state index contributed by atoms with van der Waals surface area (Å²) < 4.78 is 29.4. The minimum absolute atomic E-state index is 0.0218. The number of hydrogen-bond acceptors (Lipinski definition) is 4. The van der Waals surface area contributed by atoms with Crippen LogP contribution in [0.1, 0.15) is 27.3 Å². The van der Waals surface area contributed by atoms with Crippen LogP contribution in [0, 0.1) is 0 Å². The van der Waals surface area contributed by atoms with Crippen LogP contribution in [0.3, 0.4) is 0 Å². The molecule has 0 aliphatic carbocycles. The van der Waals surface area contributed by atoms with Crippen LogP contribution in [0.4, 0.5) is 0 Å². The largest absolute Gasteiger partial charge is 0.323 e. The van der Waals surface area contributed by atoms with E-state index in [2.05, 4.69) is 9.29 Å². The third-order valence-electron chi connectivity index (χ3n) is 5.86. The van der Waals surface area contributed by atoms with Gasteiger partial charge in [-0.25, -0.2) is 18.1 Å². The fraction of sp³-hybridized carbons (Fsp3) is 0.0714. The number of sulfonamides is 1. The van der Waals surface area contributed by atoms with E-state index in [0.29, 0.717) is 23.5 Å². The Bertz CT molecular complexity index is 1650. The van der Waals surface area contributed by atoms with E-state index in [1.165, 1.54) is 12.1 Å². The van der Waals surface area contributed by atoms with Crippen molar-refractivity contribution in [1.82, 2.24) is 14.3 Å². The molecule has 1 amide bonds. The minimum Gasteiger partial charge on any atom is -0.323 e. The van der Waals surface area contributed by atoms with Crippen molar-refractivity contribution in [2.45, 2.75) is 17.9 Å². The zero-order valence-corrected chi connectivity index (χ0v) is 20.7. The number of aromatic nitrogens is 2. The van der Waals surface area contributed by atoms with Gasteiger partial charge in [-0.2, -0.15) is 0 Å². The molecule has 36 heavy (non-hydrogen) atoms. The lowest BCUT2D eigenvalue weighted by Crippen LogP contribution is -2.30. The SMILES string of the molecule is O=C(NS(=O)(=O)c1ccccc1)c1ccc2c(c1)nc(Cc1ccccc1)n2Cc1ccccc1Cl. The predicted octanol–water partition coefficient (Wildman–Crippen LogP) is 5.45. The summed E-state index contributed by atoms with van der Waals surface area (Å²) in [5.41, 5.74) is 3.67. The van der Waals surface area contributed by atoms with Crippen LogP contribution in [0.2, 0.25) is 5.02 Å². The molecule has 0 aliphatic heterocycles. The maximum Gasteiger partial charge on any atom is 0.265 e. The first kappa shape index (κ1) is 23.8. The molecule has 0 atom stereocenters. The van der Waals surface area contributed by atoms with Crippen LogP contribution in [0.5, 0.6) is 0 Å². The second kappa shape index (κ2) is 9.97. The number of benzene rings is 4. The normalized spacial score (nSPS) is 11.5. The molecule has 6 nitrogen and oxygen atoms in total. The average molecular weight is 516 g/mol. The molecule has 1 aromatic heterocycles. The maximum atomic E-state index is 12.9. The van der Waals surface area contributed by atoms with Gasteiger partial charge in [-0.15, -0.1) is 0 Å². The molecule has 0 saturated heterocycles. The van der Waals surface area contributed by atoms with Crippen molar-refractivity contribution in [2.75, 3.05) is 0 Å². The number of nitrogens with one attached hydrogen (secondary N) is 1. The summed E-state index contributed by atoms with van der Waals surface area (Å²) in [5, 5.41) is 0.659. The molecule has 5 aromatic rings. The molecule has 1 N–H and O–H groups in total. The Morgan fingerprint density at radius 2 is 1.53 bits per heavy atom. The topological polar surface area (TPSA) is 81.1 Å². The highest BCUT2D eigenvalue weighted by molar-refractivity contribution is 7.90. The molecule has 0 fully saturated rings. The van der Waals surface area contributed by atoms with Crippen LogP contribution in [0.25, 0.3) is 11.0 Å². The molecule has 5 rings (SSSR count). The summed E-state index contributed by atoms with van der Waals surface area (Å²) >= 11 is 6.44. The van der Waals surface area contributed by atoms with Gasteiger partial charge >= 0.3 is 0 Å². The monoisotopic (exact) mass is 515 g/mol. The number of fused-ring (bicyclic) bond motifs is 1. The van der Waals surface area contributed by atoms with E-state index >= 15 is 0 Å². The molecule has 8 heteroatoms. The second-order valence-electron chi connectivity index (χ2n) is 8.32. The van der Waals surface area contributed by atoms with Crippen LogP contribution in [-0.4, -0.2) is 23.9 Å². The number of carbonyl (C=O) groups excluding carboxylic acids is 1. The minimum atomic E-state index is -3.99. The molecule has 4 aromatic carbocycles. The van der Waals surface area contributed by atoms with Crippen molar-refractivity contribution in [3.8, 4) is 0 Å². The molecule has 0 bridgehead atoms. The van der Waals surface area contributed by atoms with Crippen LogP contribution in [0.15, 0.2) is 108 Å². The first-order valence-corrected chi connectivity index (χ1v) is 13.2. The summed E-state index contributed by atoms with van der Waals surface area (Å²) in [7, 11) is -3.99. The van der Waals surface area contributed by atoms with E-state index in [-0.39, 0.29) is 10.5 Å². The van der Waals surface area contributed by atoms with Crippen molar-refractivity contribution in [2.24, 2.45) is 0 Å². The Morgan fingerprint density at radius 3 is 2.25 bits per heavy atom. The van der Waals surface area contributed by atoms with Gasteiger partial charge in [0.15, 0.2) is 0 Å². The molecular weight excluding hydrogens is 494 g/mol. The highest BCUT2D eigenvalue weighted by Crippen LogP contribution is 2.24. The van der Waals surface area contributed by atoms with E-state index in [1.807, 2.05) is 54.6 Å². The van der Waals surface area contributed by atoms with Crippen molar-refractivity contribution in [1.29, 1.82) is 0 Å². The van der Waals surface area contributed by atoms with Crippen molar-refractivity contribution in [3.63, 3.8) is 0 Å². The molecular formula is C28H22ClN3O3S. The van der Waals surface area contributed by atoms with E-state index in [4.69, 9.17) is 16.6 Å². The number of imidazole rings is 1. The Hall–Kier alpha value is -3.94. The van der Waals surface area contributed by atoms with E-state index in [9.17, 15) is 13.2 Å². The van der Waals surface area contributed by atoms with Crippen molar-refractivity contribution >= 4 is 38.6 Å². The summed E-state index contributed by atoms with van der Waals surface area (Å²) in [4.78, 5) is 17.7. The van der Waals surface area contributed by atoms with Crippen LogP contribution in [-0.2, 0) is 23.0 Å². The average Bonchev–Trinajstić information content (AvgIpc) is 3.22. The van der Waals surface area contributed by atoms with Crippen LogP contribution >= 0.6 is 11.6 Å². The van der Waals surface area contributed by atoms with Gasteiger partial charge in [0.05, 0.1) is 22.5 Å². The zero-order valence-electron chi connectivity index (χ0n) is 19.1. The smallest absolute Gasteiger partial charge is 0.265 e. The number of nitrogens with zero attached hydrogens (tertiary/aromatic N) is 2. The van der Waals surface area contributed by atoms with Gasteiger partial charge in [-0.3, -0.25) is 4.79 Å². The van der Waals surface area contributed by atoms with Gasteiger partial charge in [0.25, 0.3) is 15.9 Å². The Kier molecular flexibility index (Phi) is 6.59. The summed E-state index contributed by atoms with van der Waals surface area (Å²) in [5.74, 6) is 0.0941. The van der Waals surface area contributed by atoms with Crippen molar-refractivity contribution in [3.05, 3.63) is 131 Å². The summed E-state index contributed by atoms with van der Waals surface area (Å²) in [6, 6.07) is 30.4. The fourth-order valence-corrected chi connectivity index (χ4v) is 5.24. The van der Waals surface area contributed by atoms with Gasteiger partial charge in [0.1, 0.15) is 5.82 Å². The number of amides is 1. The van der Waals surface area contributed by atoms with E-state index in [1.54, 1.807) is 36.4 Å². The molecule has 0 aliphatic rings. The number of rotatable bonds is 7. The standard InChI is InChI=1S/C28H22ClN3O3S/c29-24-14-8-7-11-22(24)19-32-26-16-15-21(28(33)31-36(34,35)23-12-5-2-6-13-23)18-25(26)30-27(32)17-20-9-3-1-4-10-20/h1-16,18H,17,19H2,(H,31,33). The first-order chi connectivity index (χ1) is 17.4. The Balaban J connectivity index is 1.51. The predicted molar refractivity (Wildman–Crippen MR) is 141 cm³/mol. The second-order valence-corrected chi connectivity index (χ2v) is 10.4. The zero-order chi connectivity index (χ0) is 25.1. The number of halogens is 1. The molecule has 0 spiro atoms. The first-order valence-electron chi connectivity index (χ1n) is 11.3. The maximum absolute atomic E-state index is 12.9. The van der Waals surface area contributed by atoms with Gasteiger partial charge in [-0.05, 0) is 47.5 Å². The third kappa shape index (κ3) is 5.03. The summed E-state index contributed by atoms with van der Waals surface area (Å²) in [6.45, 7) is 0.506. The highest BCUT2D eigenvalue weighted by atomic mass is 35.5. The molecule has 0 saturated carbocycles. The highest BCUT2D eigenvalue weighted by Gasteiger charge is 2.20. The number of carbonyl (C=O) groups is 1. The molecule has 180 valence electrons. The molecule has 1 heterocycles. The van der Waals surface area contributed by atoms with Gasteiger partial charge in [0.2, 0.25) is 0 Å². The molecule has 0 radical (unpaired) electrons. The quantitative estimate of drug-likeness (QED) is 0.312. The van der Waals surface area contributed by atoms with Crippen LogP contribution < -0.4 is 4.72 Å². The van der Waals surface area contributed by atoms with E-state index in [0.717, 1.165) is 22.5 Å². The molecule has 0 unspecified atom stereocenters. The Labute approximate surface area is 214 Å². The third-order valence-corrected chi connectivity index (χ3v) is 7.58. The van der Waals surface area contributed by atoms with Gasteiger partial charge < -0.3 is 4.57 Å². The lowest BCUT2D eigenvalue weighted by molar-refractivity contribution is 0.0981. The Morgan fingerprint density at radius 1 is 0.861 bits per heavy atom. The van der Waals surface area contributed by atoms with Gasteiger partial charge in [-0.1, -0.05) is 78.3 Å². The number of hydrogen-bond donors (Lipinski definition) is 1. The lowest BCUT2D eigenvalue weighted by atomic mass is 10.1.